The predicted octanol–water partition coefficient (Wildman–Crippen LogP) is 2.72. The quantitative estimate of drug-likeness (QED) is 0.945. The third-order valence-electron chi connectivity index (χ3n) is 3.51. The van der Waals surface area contributed by atoms with Crippen molar-refractivity contribution in [1.82, 2.24) is 9.78 Å². The number of benzene rings is 1. The third-order valence-corrected chi connectivity index (χ3v) is 3.83. The first kappa shape index (κ1) is 13.0. The summed E-state index contributed by atoms with van der Waals surface area (Å²) >= 11 is 6.21. The molecule has 1 N–H and O–H groups in total. The lowest BCUT2D eigenvalue weighted by Crippen LogP contribution is -2.05. The van der Waals surface area contributed by atoms with Gasteiger partial charge in [0.1, 0.15) is 5.75 Å². The summed E-state index contributed by atoms with van der Waals surface area (Å²) in [5.41, 5.74) is 2.52. The van der Waals surface area contributed by atoms with Crippen LogP contribution in [0.2, 0.25) is 5.02 Å². The average Bonchev–Trinajstić information content (AvgIpc) is 3.01. The molecule has 0 spiro atoms. The lowest BCUT2D eigenvalue weighted by Gasteiger charge is -2.09. The molecule has 1 aliphatic carbocycles. The summed E-state index contributed by atoms with van der Waals surface area (Å²) in [5.74, 6) is -0.343. The maximum atomic E-state index is 11.3. The fraction of sp³-hybridized carbons (Fsp3) is 0.286. The SMILES string of the molecule is COc1ccc(Cl)c(-n2nc(C(=O)O)c3c2CCC3)c1. The highest BCUT2D eigenvalue weighted by atomic mass is 35.5. The Labute approximate surface area is 120 Å². The summed E-state index contributed by atoms with van der Waals surface area (Å²) in [5, 5.41) is 14.0. The highest BCUT2D eigenvalue weighted by molar-refractivity contribution is 6.32. The van der Waals surface area contributed by atoms with Gasteiger partial charge in [0, 0.05) is 17.3 Å². The van der Waals surface area contributed by atoms with Crippen molar-refractivity contribution in [3.63, 3.8) is 0 Å². The topological polar surface area (TPSA) is 64.4 Å². The van der Waals surface area contributed by atoms with E-state index in [-0.39, 0.29) is 5.69 Å². The average molecular weight is 293 g/mol. The zero-order valence-electron chi connectivity index (χ0n) is 10.9. The summed E-state index contributed by atoms with van der Waals surface area (Å²) in [6, 6.07) is 5.24. The van der Waals surface area contributed by atoms with Crippen molar-refractivity contribution in [3.05, 3.63) is 40.2 Å². The van der Waals surface area contributed by atoms with Crippen LogP contribution in [0.25, 0.3) is 5.69 Å². The highest BCUT2D eigenvalue weighted by Gasteiger charge is 2.27. The number of carboxylic acid groups (broad SMARTS) is 1. The fourth-order valence-electron chi connectivity index (χ4n) is 2.59. The number of carbonyl (C=O) groups is 1. The summed E-state index contributed by atoms with van der Waals surface area (Å²) < 4.78 is 6.82. The number of aromatic nitrogens is 2. The molecule has 0 saturated carbocycles. The summed E-state index contributed by atoms with van der Waals surface area (Å²) in [6.45, 7) is 0. The molecule has 3 rings (SSSR count). The van der Waals surface area contributed by atoms with Gasteiger partial charge in [-0.25, -0.2) is 9.48 Å². The van der Waals surface area contributed by atoms with Crippen molar-refractivity contribution >= 4 is 17.6 Å². The van der Waals surface area contributed by atoms with Crippen LogP contribution in [0.4, 0.5) is 0 Å². The maximum absolute atomic E-state index is 11.3. The van der Waals surface area contributed by atoms with E-state index >= 15 is 0 Å². The molecule has 1 aromatic heterocycles. The molecule has 2 aromatic rings. The van der Waals surface area contributed by atoms with Gasteiger partial charge in [0.2, 0.25) is 0 Å². The van der Waals surface area contributed by atoms with E-state index in [0.29, 0.717) is 16.5 Å². The van der Waals surface area contributed by atoms with Crippen LogP contribution < -0.4 is 4.74 Å². The number of methoxy groups -OCH3 is 1. The molecular formula is C14H13ClN2O3. The molecule has 1 aromatic carbocycles. The second kappa shape index (κ2) is 4.83. The second-order valence-corrected chi connectivity index (χ2v) is 5.07. The van der Waals surface area contributed by atoms with Crippen LogP contribution in [0.3, 0.4) is 0 Å². The number of aromatic carboxylic acids is 1. The Morgan fingerprint density at radius 3 is 2.95 bits per heavy atom. The van der Waals surface area contributed by atoms with Crippen LogP contribution in [-0.4, -0.2) is 28.0 Å². The largest absolute Gasteiger partial charge is 0.497 e. The number of nitrogens with zero attached hydrogens (tertiary/aromatic N) is 2. The number of halogens is 1. The van der Waals surface area contributed by atoms with Gasteiger partial charge in [-0.3, -0.25) is 0 Å². The van der Waals surface area contributed by atoms with Crippen molar-refractivity contribution in [2.45, 2.75) is 19.3 Å². The standard InChI is InChI=1S/C14H13ClN2O3/c1-20-8-5-6-10(15)12(7-8)17-11-4-2-3-9(11)13(16-17)14(18)19/h5-7H,2-4H2,1H3,(H,18,19). The van der Waals surface area contributed by atoms with E-state index in [2.05, 4.69) is 5.10 Å². The molecule has 104 valence electrons. The van der Waals surface area contributed by atoms with Gasteiger partial charge >= 0.3 is 5.97 Å². The molecular weight excluding hydrogens is 280 g/mol. The van der Waals surface area contributed by atoms with E-state index in [1.165, 1.54) is 0 Å². The summed E-state index contributed by atoms with van der Waals surface area (Å²) in [6.07, 6.45) is 2.50. The minimum absolute atomic E-state index is 0.122. The van der Waals surface area contributed by atoms with Crippen LogP contribution in [0, 0.1) is 0 Å². The van der Waals surface area contributed by atoms with E-state index in [1.54, 1.807) is 30.0 Å². The van der Waals surface area contributed by atoms with Crippen molar-refractivity contribution < 1.29 is 14.6 Å². The molecule has 0 atom stereocenters. The molecule has 1 aliphatic rings. The molecule has 5 nitrogen and oxygen atoms in total. The maximum Gasteiger partial charge on any atom is 0.356 e. The van der Waals surface area contributed by atoms with Crippen molar-refractivity contribution in [2.24, 2.45) is 0 Å². The van der Waals surface area contributed by atoms with Gasteiger partial charge in [0.05, 0.1) is 17.8 Å². The zero-order valence-corrected chi connectivity index (χ0v) is 11.6. The Morgan fingerprint density at radius 2 is 2.25 bits per heavy atom. The second-order valence-electron chi connectivity index (χ2n) is 4.66. The van der Waals surface area contributed by atoms with Crippen LogP contribution in [0.15, 0.2) is 18.2 Å². The normalized spacial score (nSPS) is 13.3. The smallest absolute Gasteiger partial charge is 0.356 e. The molecule has 0 radical (unpaired) electrons. The Kier molecular flexibility index (Phi) is 3.14. The minimum atomic E-state index is -0.999. The Hall–Kier alpha value is -2.01. The molecule has 0 saturated heterocycles. The number of fused-ring (bicyclic) bond motifs is 1. The monoisotopic (exact) mass is 292 g/mol. The minimum Gasteiger partial charge on any atom is -0.497 e. The lowest BCUT2D eigenvalue weighted by atomic mass is 10.2. The van der Waals surface area contributed by atoms with Crippen molar-refractivity contribution in [3.8, 4) is 11.4 Å². The molecule has 1 heterocycles. The number of hydrogen-bond acceptors (Lipinski definition) is 3. The van der Waals surface area contributed by atoms with Crippen LogP contribution in [-0.2, 0) is 12.8 Å². The van der Waals surface area contributed by atoms with E-state index in [0.717, 1.165) is 30.5 Å². The van der Waals surface area contributed by atoms with Gasteiger partial charge in [0.25, 0.3) is 0 Å². The van der Waals surface area contributed by atoms with Crippen molar-refractivity contribution in [2.75, 3.05) is 7.11 Å². The van der Waals surface area contributed by atoms with Gasteiger partial charge in [-0.1, -0.05) is 11.6 Å². The van der Waals surface area contributed by atoms with Gasteiger partial charge in [0.15, 0.2) is 5.69 Å². The van der Waals surface area contributed by atoms with E-state index < -0.39 is 5.97 Å². The zero-order chi connectivity index (χ0) is 14.3. The van der Waals surface area contributed by atoms with Crippen LogP contribution in [0.1, 0.15) is 28.2 Å². The van der Waals surface area contributed by atoms with Gasteiger partial charge in [-0.2, -0.15) is 5.10 Å². The molecule has 6 heteroatoms. The van der Waals surface area contributed by atoms with Gasteiger partial charge < -0.3 is 9.84 Å². The summed E-state index contributed by atoms with van der Waals surface area (Å²) in [4.78, 5) is 11.3. The number of carboxylic acids is 1. The van der Waals surface area contributed by atoms with E-state index in [4.69, 9.17) is 16.3 Å². The Morgan fingerprint density at radius 1 is 1.45 bits per heavy atom. The summed E-state index contributed by atoms with van der Waals surface area (Å²) in [7, 11) is 1.57. The first-order valence-corrected chi connectivity index (χ1v) is 6.67. The fourth-order valence-corrected chi connectivity index (χ4v) is 2.79. The molecule has 0 fully saturated rings. The van der Waals surface area contributed by atoms with Gasteiger partial charge in [-0.15, -0.1) is 0 Å². The Balaban J connectivity index is 2.20. The van der Waals surface area contributed by atoms with E-state index in [1.807, 2.05) is 0 Å². The van der Waals surface area contributed by atoms with Crippen LogP contribution >= 0.6 is 11.6 Å². The van der Waals surface area contributed by atoms with Gasteiger partial charge in [-0.05, 0) is 31.4 Å². The lowest BCUT2D eigenvalue weighted by molar-refractivity contribution is 0.0689. The molecule has 0 aliphatic heterocycles. The van der Waals surface area contributed by atoms with E-state index in [9.17, 15) is 9.90 Å². The van der Waals surface area contributed by atoms with Crippen LogP contribution in [0.5, 0.6) is 5.75 Å². The number of hydrogen-bond donors (Lipinski definition) is 1. The molecule has 0 unspecified atom stereocenters. The molecule has 0 bridgehead atoms. The molecule has 0 amide bonds. The Bertz CT molecular complexity index is 694. The number of ether oxygens (including phenoxy) is 1. The first-order valence-electron chi connectivity index (χ1n) is 6.30. The highest BCUT2D eigenvalue weighted by Crippen LogP contribution is 2.32. The molecule has 20 heavy (non-hydrogen) atoms. The first-order chi connectivity index (χ1) is 9.61. The third kappa shape index (κ3) is 1.94. The number of rotatable bonds is 3. The predicted molar refractivity (Wildman–Crippen MR) is 74.1 cm³/mol. The van der Waals surface area contributed by atoms with Crippen molar-refractivity contribution in [1.29, 1.82) is 0 Å².